The second kappa shape index (κ2) is 6.35. The summed E-state index contributed by atoms with van der Waals surface area (Å²) in [4.78, 5) is 10.7. The molecule has 0 aliphatic carbocycles. The molecule has 0 bridgehead atoms. The first-order valence-electron chi connectivity index (χ1n) is 6.39. The predicted molar refractivity (Wildman–Crippen MR) is 73.2 cm³/mol. The maximum absolute atomic E-state index is 8.93. The molecular formula is C13H20N4O. The zero-order valence-electron chi connectivity index (χ0n) is 10.5. The molecular weight excluding hydrogens is 228 g/mol. The van der Waals surface area contributed by atoms with Gasteiger partial charge in [0.05, 0.1) is 18.2 Å². The van der Waals surface area contributed by atoms with Crippen LogP contribution < -0.4 is 10.6 Å². The van der Waals surface area contributed by atoms with E-state index in [0.717, 1.165) is 43.9 Å². The lowest BCUT2D eigenvalue weighted by Crippen LogP contribution is -2.34. The van der Waals surface area contributed by atoms with E-state index in [1.54, 1.807) is 6.20 Å². The van der Waals surface area contributed by atoms with Crippen LogP contribution in [0.3, 0.4) is 0 Å². The molecule has 3 N–H and O–H groups in total. The number of aliphatic hydroxyl groups excluding tert-OH is 1. The summed E-state index contributed by atoms with van der Waals surface area (Å²) in [5, 5.41) is 8.93. The van der Waals surface area contributed by atoms with Crippen LogP contribution in [-0.4, -0.2) is 36.1 Å². The van der Waals surface area contributed by atoms with Crippen LogP contribution in [0.5, 0.6) is 0 Å². The summed E-state index contributed by atoms with van der Waals surface area (Å²) in [6.45, 7) is 2.32. The van der Waals surface area contributed by atoms with Gasteiger partial charge in [-0.2, -0.15) is 0 Å². The molecule has 1 aliphatic rings. The first-order chi connectivity index (χ1) is 8.83. The van der Waals surface area contributed by atoms with Crippen LogP contribution in [0.15, 0.2) is 23.3 Å². The van der Waals surface area contributed by atoms with Crippen molar-refractivity contribution in [1.82, 2.24) is 4.98 Å². The van der Waals surface area contributed by atoms with Crippen LogP contribution in [0.2, 0.25) is 0 Å². The quantitative estimate of drug-likeness (QED) is 0.622. The topological polar surface area (TPSA) is 74.7 Å². The SMILES string of the molecule is NC=Nc1ccc(N2CCC(CCO)CC2)nc1. The van der Waals surface area contributed by atoms with Crippen LogP contribution in [0.25, 0.3) is 0 Å². The number of aliphatic imine (C=N–C) groups is 1. The standard InChI is InChI=1S/C13H20N4O/c14-10-16-12-1-2-13(15-9-12)17-6-3-11(4-7-17)5-8-18/h1-2,9-11,18H,3-8H2,(H2,14,16). The molecule has 1 fully saturated rings. The van der Waals surface area contributed by atoms with E-state index < -0.39 is 0 Å². The number of nitrogens with two attached hydrogens (primary N) is 1. The fourth-order valence-corrected chi connectivity index (χ4v) is 2.36. The monoisotopic (exact) mass is 248 g/mol. The molecule has 18 heavy (non-hydrogen) atoms. The Labute approximate surface area is 107 Å². The van der Waals surface area contributed by atoms with E-state index in [1.165, 1.54) is 6.34 Å². The fraction of sp³-hybridized carbons (Fsp3) is 0.538. The second-order valence-corrected chi connectivity index (χ2v) is 4.60. The number of hydrogen-bond donors (Lipinski definition) is 2. The maximum Gasteiger partial charge on any atom is 0.128 e. The van der Waals surface area contributed by atoms with Gasteiger partial charge in [-0.3, -0.25) is 0 Å². The second-order valence-electron chi connectivity index (χ2n) is 4.60. The lowest BCUT2D eigenvalue weighted by atomic mass is 9.94. The van der Waals surface area contributed by atoms with Gasteiger partial charge in [-0.1, -0.05) is 0 Å². The first kappa shape index (κ1) is 12.8. The van der Waals surface area contributed by atoms with Gasteiger partial charge in [-0.15, -0.1) is 0 Å². The van der Waals surface area contributed by atoms with Gasteiger partial charge >= 0.3 is 0 Å². The average molecular weight is 248 g/mol. The van der Waals surface area contributed by atoms with E-state index in [0.29, 0.717) is 12.5 Å². The van der Waals surface area contributed by atoms with Crippen molar-refractivity contribution in [3.05, 3.63) is 18.3 Å². The number of aromatic nitrogens is 1. The Kier molecular flexibility index (Phi) is 4.52. The number of hydrogen-bond acceptors (Lipinski definition) is 4. The summed E-state index contributed by atoms with van der Waals surface area (Å²) in [7, 11) is 0. The molecule has 0 aromatic carbocycles. The van der Waals surface area contributed by atoms with Gasteiger partial charge in [0.2, 0.25) is 0 Å². The van der Waals surface area contributed by atoms with Crippen molar-refractivity contribution in [1.29, 1.82) is 0 Å². The van der Waals surface area contributed by atoms with Gasteiger partial charge in [0.15, 0.2) is 0 Å². The lowest BCUT2D eigenvalue weighted by molar-refractivity contribution is 0.240. The van der Waals surface area contributed by atoms with Gasteiger partial charge in [0, 0.05) is 19.7 Å². The molecule has 0 saturated carbocycles. The molecule has 1 aliphatic heterocycles. The minimum absolute atomic E-state index is 0.300. The molecule has 1 aromatic heterocycles. The predicted octanol–water partition coefficient (Wildman–Crippen LogP) is 1.30. The van der Waals surface area contributed by atoms with Crippen LogP contribution in [0, 0.1) is 5.92 Å². The Balaban J connectivity index is 1.93. The summed E-state index contributed by atoms with van der Waals surface area (Å²) < 4.78 is 0. The summed E-state index contributed by atoms with van der Waals surface area (Å²) >= 11 is 0. The van der Waals surface area contributed by atoms with Gasteiger partial charge in [-0.05, 0) is 37.3 Å². The fourth-order valence-electron chi connectivity index (χ4n) is 2.36. The number of piperidine rings is 1. The lowest BCUT2D eigenvalue weighted by Gasteiger charge is -2.32. The molecule has 1 saturated heterocycles. The first-order valence-corrected chi connectivity index (χ1v) is 6.39. The third kappa shape index (κ3) is 3.20. The molecule has 5 heteroatoms. The minimum atomic E-state index is 0.300. The number of nitrogens with zero attached hydrogens (tertiary/aromatic N) is 3. The van der Waals surface area contributed by atoms with Crippen molar-refractivity contribution in [2.24, 2.45) is 16.6 Å². The molecule has 1 aromatic rings. The summed E-state index contributed by atoms with van der Waals surface area (Å²) in [6, 6.07) is 3.90. The number of aliphatic hydroxyl groups is 1. The zero-order valence-corrected chi connectivity index (χ0v) is 10.5. The molecule has 98 valence electrons. The molecule has 0 atom stereocenters. The summed E-state index contributed by atoms with van der Waals surface area (Å²) in [5.41, 5.74) is 6.01. The van der Waals surface area contributed by atoms with Gasteiger partial charge < -0.3 is 15.7 Å². The Morgan fingerprint density at radius 1 is 1.44 bits per heavy atom. The largest absolute Gasteiger partial charge is 0.396 e. The molecule has 2 rings (SSSR count). The normalized spacial score (nSPS) is 17.5. The maximum atomic E-state index is 8.93. The molecule has 0 spiro atoms. The zero-order chi connectivity index (χ0) is 12.8. The number of rotatable bonds is 4. The number of pyridine rings is 1. The van der Waals surface area contributed by atoms with E-state index in [2.05, 4.69) is 14.9 Å². The van der Waals surface area contributed by atoms with Crippen LogP contribution >= 0.6 is 0 Å². The van der Waals surface area contributed by atoms with E-state index in [1.807, 2.05) is 12.1 Å². The van der Waals surface area contributed by atoms with Crippen molar-refractivity contribution in [3.8, 4) is 0 Å². The third-order valence-corrected chi connectivity index (χ3v) is 3.43. The van der Waals surface area contributed by atoms with E-state index in [-0.39, 0.29) is 0 Å². The van der Waals surface area contributed by atoms with Crippen LogP contribution in [0.4, 0.5) is 11.5 Å². The van der Waals surface area contributed by atoms with Crippen molar-refractivity contribution in [2.45, 2.75) is 19.3 Å². The average Bonchev–Trinajstić information content (AvgIpc) is 2.41. The summed E-state index contributed by atoms with van der Waals surface area (Å²) in [5.74, 6) is 1.65. The number of anilines is 1. The molecule has 0 radical (unpaired) electrons. The highest BCUT2D eigenvalue weighted by Gasteiger charge is 2.19. The Hall–Kier alpha value is -1.62. The van der Waals surface area contributed by atoms with Crippen molar-refractivity contribution < 1.29 is 5.11 Å². The Morgan fingerprint density at radius 3 is 2.78 bits per heavy atom. The van der Waals surface area contributed by atoms with Gasteiger partial charge in [0.25, 0.3) is 0 Å². The van der Waals surface area contributed by atoms with Gasteiger partial charge in [-0.25, -0.2) is 9.98 Å². The van der Waals surface area contributed by atoms with Gasteiger partial charge in [0.1, 0.15) is 5.82 Å². The van der Waals surface area contributed by atoms with E-state index in [9.17, 15) is 0 Å². The Bertz CT molecular complexity index is 382. The van der Waals surface area contributed by atoms with E-state index in [4.69, 9.17) is 10.8 Å². The van der Waals surface area contributed by atoms with Crippen molar-refractivity contribution in [3.63, 3.8) is 0 Å². The molecule has 0 unspecified atom stereocenters. The smallest absolute Gasteiger partial charge is 0.128 e. The van der Waals surface area contributed by atoms with Crippen LogP contribution in [-0.2, 0) is 0 Å². The highest BCUT2D eigenvalue weighted by atomic mass is 16.3. The van der Waals surface area contributed by atoms with Crippen molar-refractivity contribution in [2.75, 3.05) is 24.6 Å². The molecule has 5 nitrogen and oxygen atoms in total. The van der Waals surface area contributed by atoms with Crippen LogP contribution in [0.1, 0.15) is 19.3 Å². The Morgan fingerprint density at radius 2 is 2.22 bits per heavy atom. The van der Waals surface area contributed by atoms with Crippen molar-refractivity contribution >= 4 is 17.8 Å². The molecule has 2 heterocycles. The highest BCUT2D eigenvalue weighted by molar-refractivity contribution is 5.59. The minimum Gasteiger partial charge on any atom is -0.396 e. The third-order valence-electron chi connectivity index (χ3n) is 3.43. The molecule has 0 amide bonds. The van der Waals surface area contributed by atoms with E-state index >= 15 is 0 Å². The highest BCUT2D eigenvalue weighted by Crippen LogP contribution is 2.24. The summed E-state index contributed by atoms with van der Waals surface area (Å²) in [6.07, 6.45) is 6.19.